The maximum atomic E-state index is 5.02. The fourth-order valence-electron chi connectivity index (χ4n) is 1.89. The van der Waals surface area contributed by atoms with Crippen LogP contribution in [0.1, 0.15) is 30.5 Å². The van der Waals surface area contributed by atoms with Crippen molar-refractivity contribution >= 4 is 0 Å². The van der Waals surface area contributed by atoms with Gasteiger partial charge in [-0.3, -0.25) is 0 Å². The lowest BCUT2D eigenvalue weighted by molar-refractivity contribution is 0.388. The van der Waals surface area contributed by atoms with E-state index in [1.807, 2.05) is 13.0 Å². The van der Waals surface area contributed by atoms with E-state index in [-0.39, 0.29) is 0 Å². The van der Waals surface area contributed by atoms with Gasteiger partial charge in [0.05, 0.1) is 5.69 Å². The van der Waals surface area contributed by atoms with Crippen molar-refractivity contribution in [2.24, 2.45) is 0 Å². The lowest BCUT2D eigenvalue weighted by atomic mass is 10.3. The van der Waals surface area contributed by atoms with Crippen molar-refractivity contribution < 1.29 is 4.52 Å². The average molecular weight is 233 g/mol. The van der Waals surface area contributed by atoms with Gasteiger partial charge < -0.3 is 14.4 Å². The summed E-state index contributed by atoms with van der Waals surface area (Å²) in [5.41, 5.74) is 2.27. The maximum Gasteiger partial charge on any atom is 0.133 e. The summed E-state index contributed by atoms with van der Waals surface area (Å²) in [5, 5.41) is 7.32. The minimum Gasteiger partial charge on any atom is -0.361 e. The number of rotatable bonds is 6. The van der Waals surface area contributed by atoms with E-state index in [4.69, 9.17) is 4.52 Å². The second kappa shape index (κ2) is 5.68. The van der Waals surface area contributed by atoms with Gasteiger partial charge in [-0.05, 0) is 25.5 Å². The van der Waals surface area contributed by atoms with Crippen LogP contribution in [-0.4, -0.2) is 9.72 Å². The van der Waals surface area contributed by atoms with Crippen molar-refractivity contribution in [2.75, 3.05) is 0 Å². The topological polar surface area (TPSA) is 43.0 Å². The molecular weight excluding hydrogens is 214 g/mol. The molecule has 0 amide bonds. The standard InChI is InChI=1S/C13H19N3O/c1-3-6-16-7-4-5-13(16)10-14-9-12-8-11(2)17-15-12/h4-5,7-8,14H,3,6,9-10H2,1-2H3. The van der Waals surface area contributed by atoms with Gasteiger partial charge in [0.15, 0.2) is 0 Å². The van der Waals surface area contributed by atoms with Crippen LogP contribution < -0.4 is 5.32 Å². The van der Waals surface area contributed by atoms with Gasteiger partial charge >= 0.3 is 0 Å². The molecule has 2 rings (SSSR count). The first-order valence-electron chi connectivity index (χ1n) is 6.06. The zero-order valence-electron chi connectivity index (χ0n) is 10.4. The Hall–Kier alpha value is -1.55. The molecule has 2 aromatic heterocycles. The highest BCUT2D eigenvalue weighted by Crippen LogP contribution is 2.05. The summed E-state index contributed by atoms with van der Waals surface area (Å²) in [6.07, 6.45) is 3.28. The second-order valence-corrected chi connectivity index (χ2v) is 4.23. The first-order valence-corrected chi connectivity index (χ1v) is 6.06. The van der Waals surface area contributed by atoms with Crippen LogP contribution in [0.15, 0.2) is 28.9 Å². The lowest BCUT2D eigenvalue weighted by Crippen LogP contribution is -2.15. The first kappa shape index (κ1) is 11.9. The molecule has 0 aliphatic rings. The van der Waals surface area contributed by atoms with Crippen LogP contribution >= 0.6 is 0 Å². The number of hydrogen-bond acceptors (Lipinski definition) is 3. The van der Waals surface area contributed by atoms with Gasteiger partial charge in [0.2, 0.25) is 0 Å². The summed E-state index contributed by atoms with van der Waals surface area (Å²) in [6.45, 7) is 6.78. The number of nitrogens with zero attached hydrogens (tertiary/aromatic N) is 2. The molecule has 0 saturated carbocycles. The Bertz CT molecular complexity index is 459. The van der Waals surface area contributed by atoms with Gasteiger partial charge in [-0.15, -0.1) is 0 Å². The molecule has 0 bridgehead atoms. The van der Waals surface area contributed by atoms with Gasteiger partial charge in [-0.2, -0.15) is 0 Å². The van der Waals surface area contributed by atoms with Crippen LogP contribution in [0.5, 0.6) is 0 Å². The van der Waals surface area contributed by atoms with Crippen molar-refractivity contribution in [2.45, 2.75) is 39.9 Å². The molecule has 0 unspecified atom stereocenters. The Morgan fingerprint density at radius 1 is 1.41 bits per heavy atom. The van der Waals surface area contributed by atoms with Crippen molar-refractivity contribution in [3.63, 3.8) is 0 Å². The van der Waals surface area contributed by atoms with Crippen LogP contribution in [-0.2, 0) is 19.6 Å². The minimum atomic E-state index is 0.745. The quantitative estimate of drug-likeness (QED) is 0.833. The Morgan fingerprint density at radius 3 is 3.00 bits per heavy atom. The molecule has 0 fully saturated rings. The van der Waals surface area contributed by atoms with Gasteiger partial charge in [0.1, 0.15) is 5.76 Å². The summed E-state index contributed by atoms with van der Waals surface area (Å²) in [5.74, 6) is 0.858. The molecule has 0 saturated heterocycles. The fourth-order valence-corrected chi connectivity index (χ4v) is 1.89. The molecule has 4 nitrogen and oxygen atoms in total. The summed E-state index contributed by atoms with van der Waals surface area (Å²) in [7, 11) is 0. The number of hydrogen-bond donors (Lipinski definition) is 1. The van der Waals surface area contributed by atoms with Crippen LogP contribution in [0.3, 0.4) is 0 Å². The maximum absolute atomic E-state index is 5.02. The molecule has 0 spiro atoms. The minimum absolute atomic E-state index is 0.745. The number of aryl methyl sites for hydroxylation is 2. The van der Waals surface area contributed by atoms with Crippen LogP contribution in [0.2, 0.25) is 0 Å². The third-order valence-electron chi connectivity index (χ3n) is 2.68. The van der Waals surface area contributed by atoms with Crippen LogP contribution in [0.25, 0.3) is 0 Å². The molecule has 0 aliphatic carbocycles. The third kappa shape index (κ3) is 3.20. The summed E-state index contributed by atoms with van der Waals surface area (Å²) in [6, 6.07) is 6.20. The Morgan fingerprint density at radius 2 is 2.29 bits per heavy atom. The van der Waals surface area contributed by atoms with E-state index in [0.29, 0.717) is 0 Å². The largest absolute Gasteiger partial charge is 0.361 e. The molecule has 4 heteroatoms. The molecule has 2 aromatic rings. The fraction of sp³-hybridized carbons (Fsp3) is 0.462. The SMILES string of the molecule is CCCn1cccc1CNCc1cc(C)on1. The van der Waals surface area contributed by atoms with Crippen LogP contribution in [0.4, 0.5) is 0 Å². The smallest absolute Gasteiger partial charge is 0.133 e. The Kier molecular flexibility index (Phi) is 3.98. The molecule has 0 atom stereocenters. The predicted octanol–water partition coefficient (Wildman–Crippen LogP) is 2.48. The highest BCUT2D eigenvalue weighted by Gasteiger charge is 2.02. The van der Waals surface area contributed by atoms with Gasteiger partial charge in [0, 0.05) is 37.6 Å². The van der Waals surface area contributed by atoms with E-state index >= 15 is 0 Å². The Balaban J connectivity index is 1.83. The normalized spacial score (nSPS) is 10.9. The van der Waals surface area contributed by atoms with Crippen molar-refractivity contribution in [1.82, 2.24) is 15.0 Å². The van der Waals surface area contributed by atoms with Crippen LogP contribution in [0, 0.1) is 6.92 Å². The number of nitrogens with one attached hydrogen (secondary N) is 1. The first-order chi connectivity index (χ1) is 8.29. The van der Waals surface area contributed by atoms with E-state index < -0.39 is 0 Å². The van der Waals surface area contributed by atoms with E-state index in [0.717, 1.165) is 37.5 Å². The van der Waals surface area contributed by atoms with E-state index in [2.05, 4.69) is 40.3 Å². The van der Waals surface area contributed by atoms with Gasteiger partial charge in [0.25, 0.3) is 0 Å². The predicted molar refractivity (Wildman–Crippen MR) is 66.5 cm³/mol. The average Bonchev–Trinajstić information content (AvgIpc) is 2.90. The highest BCUT2D eigenvalue weighted by atomic mass is 16.5. The molecule has 0 aromatic carbocycles. The van der Waals surface area contributed by atoms with Gasteiger partial charge in [-0.25, -0.2) is 0 Å². The van der Waals surface area contributed by atoms with Gasteiger partial charge in [-0.1, -0.05) is 12.1 Å². The summed E-state index contributed by atoms with van der Waals surface area (Å²) >= 11 is 0. The van der Waals surface area contributed by atoms with Crippen molar-refractivity contribution in [1.29, 1.82) is 0 Å². The Labute approximate surface area is 102 Å². The number of aromatic nitrogens is 2. The van der Waals surface area contributed by atoms with E-state index in [1.165, 1.54) is 5.69 Å². The van der Waals surface area contributed by atoms with E-state index in [9.17, 15) is 0 Å². The van der Waals surface area contributed by atoms with Crippen molar-refractivity contribution in [3.05, 3.63) is 41.5 Å². The molecule has 0 radical (unpaired) electrons. The molecular formula is C13H19N3O. The molecule has 2 heterocycles. The monoisotopic (exact) mass is 233 g/mol. The molecule has 92 valence electrons. The zero-order valence-corrected chi connectivity index (χ0v) is 10.4. The lowest BCUT2D eigenvalue weighted by Gasteiger charge is -2.08. The second-order valence-electron chi connectivity index (χ2n) is 4.23. The molecule has 1 N–H and O–H groups in total. The summed E-state index contributed by atoms with van der Waals surface area (Å²) < 4.78 is 7.30. The summed E-state index contributed by atoms with van der Waals surface area (Å²) in [4.78, 5) is 0. The highest BCUT2D eigenvalue weighted by molar-refractivity contribution is 5.08. The third-order valence-corrected chi connectivity index (χ3v) is 2.68. The van der Waals surface area contributed by atoms with E-state index in [1.54, 1.807) is 0 Å². The van der Waals surface area contributed by atoms with Crippen molar-refractivity contribution in [3.8, 4) is 0 Å². The molecule has 17 heavy (non-hydrogen) atoms. The molecule has 0 aliphatic heterocycles. The zero-order chi connectivity index (χ0) is 12.1.